The van der Waals surface area contributed by atoms with Gasteiger partial charge < -0.3 is 5.32 Å². The summed E-state index contributed by atoms with van der Waals surface area (Å²) in [6.07, 6.45) is 6.82. The van der Waals surface area contributed by atoms with Gasteiger partial charge in [0, 0.05) is 18.1 Å². The molecule has 0 spiro atoms. The van der Waals surface area contributed by atoms with Crippen LogP contribution in [0.25, 0.3) is 0 Å². The maximum absolute atomic E-state index is 3.44. The largest absolute Gasteiger partial charge is 0.315 e. The summed E-state index contributed by atoms with van der Waals surface area (Å²) in [7, 11) is 4.40. The van der Waals surface area contributed by atoms with Crippen LogP contribution in [-0.4, -0.2) is 37.1 Å². The molecule has 0 saturated heterocycles. The van der Waals surface area contributed by atoms with Gasteiger partial charge in [-0.1, -0.05) is 13.8 Å². The number of nitrogens with zero attached hydrogens (tertiary/aromatic N) is 1. The molecule has 0 amide bonds. The molecule has 0 aromatic carbocycles. The Balaban J connectivity index is 2.46. The lowest BCUT2D eigenvalue weighted by atomic mass is 9.86. The molecule has 0 bridgehead atoms. The lowest BCUT2D eigenvalue weighted by Gasteiger charge is -2.40. The van der Waals surface area contributed by atoms with Crippen molar-refractivity contribution in [3.63, 3.8) is 0 Å². The molecule has 1 fully saturated rings. The molecule has 1 aliphatic rings. The van der Waals surface area contributed by atoms with Gasteiger partial charge in [-0.2, -0.15) is 0 Å². The summed E-state index contributed by atoms with van der Waals surface area (Å²) in [6.45, 7) is 7.03. The van der Waals surface area contributed by atoms with Gasteiger partial charge in [0.2, 0.25) is 0 Å². The van der Waals surface area contributed by atoms with E-state index in [4.69, 9.17) is 0 Å². The van der Waals surface area contributed by atoms with Gasteiger partial charge in [0.05, 0.1) is 0 Å². The van der Waals surface area contributed by atoms with Crippen LogP contribution in [0.1, 0.15) is 52.9 Å². The average Bonchev–Trinajstić information content (AvgIpc) is 2.30. The van der Waals surface area contributed by atoms with Crippen LogP contribution in [0.4, 0.5) is 0 Å². The maximum atomic E-state index is 3.44. The summed E-state index contributed by atoms with van der Waals surface area (Å²) < 4.78 is 0. The van der Waals surface area contributed by atoms with Gasteiger partial charge in [0.15, 0.2) is 0 Å². The first kappa shape index (κ1) is 14.0. The summed E-state index contributed by atoms with van der Waals surface area (Å²) in [5.41, 5.74) is 0. The average molecular weight is 226 g/mol. The van der Waals surface area contributed by atoms with Gasteiger partial charge in [-0.15, -0.1) is 0 Å². The Labute approximate surface area is 102 Å². The molecule has 1 N–H and O–H groups in total. The highest BCUT2D eigenvalue weighted by Gasteiger charge is 2.27. The fraction of sp³-hybridized carbons (Fsp3) is 1.00. The molecule has 2 heteroatoms. The molecule has 16 heavy (non-hydrogen) atoms. The van der Waals surface area contributed by atoms with Crippen molar-refractivity contribution in [3.05, 3.63) is 0 Å². The fourth-order valence-corrected chi connectivity index (χ4v) is 3.05. The zero-order valence-electron chi connectivity index (χ0n) is 11.8. The van der Waals surface area contributed by atoms with Gasteiger partial charge in [0.25, 0.3) is 0 Å². The predicted octanol–water partition coefficient (Wildman–Crippen LogP) is 2.88. The van der Waals surface area contributed by atoms with Crippen LogP contribution in [0.15, 0.2) is 0 Å². The van der Waals surface area contributed by atoms with E-state index in [1.165, 1.54) is 32.1 Å². The first-order valence-electron chi connectivity index (χ1n) is 6.99. The van der Waals surface area contributed by atoms with Crippen LogP contribution in [0.5, 0.6) is 0 Å². The minimum absolute atomic E-state index is 0.629. The number of likely N-dealkylation sites (N-methyl/N-ethyl adjacent to an activating group) is 2. The summed E-state index contributed by atoms with van der Waals surface area (Å²) in [6, 6.07) is 2.09. The highest BCUT2D eigenvalue weighted by Crippen LogP contribution is 2.27. The second-order valence-electron chi connectivity index (χ2n) is 5.62. The molecule has 1 saturated carbocycles. The molecule has 0 radical (unpaired) electrons. The third kappa shape index (κ3) is 3.46. The van der Waals surface area contributed by atoms with Crippen molar-refractivity contribution in [3.8, 4) is 0 Å². The van der Waals surface area contributed by atoms with E-state index in [9.17, 15) is 0 Å². The molecular formula is C14H30N2. The predicted molar refractivity (Wildman–Crippen MR) is 71.8 cm³/mol. The first-order valence-corrected chi connectivity index (χ1v) is 6.99. The summed E-state index contributed by atoms with van der Waals surface area (Å²) in [5.74, 6) is 0.950. The van der Waals surface area contributed by atoms with Crippen molar-refractivity contribution < 1.29 is 0 Å². The van der Waals surface area contributed by atoms with Gasteiger partial charge in [0.1, 0.15) is 0 Å². The normalized spacial score (nSPS) is 30.4. The third-order valence-electron chi connectivity index (χ3n) is 4.60. The molecule has 2 unspecified atom stereocenters. The van der Waals surface area contributed by atoms with E-state index in [-0.39, 0.29) is 0 Å². The SMILES string of the molecule is CCC(NC)C(C)N(C)C1CCC(C)CC1. The third-order valence-corrected chi connectivity index (χ3v) is 4.60. The maximum Gasteiger partial charge on any atom is 0.0220 e. The Morgan fingerprint density at radius 2 is 1.81 bits per heavy atom. The molecule has 1 aliphatic carbocycles. The Kier molecular flexibility index (Phi) is 5.77. The van der Waals surface area contributed by atoms with Crippen LogP contribution in [0.3, 0.4) is 0 Å². The quantitative estimate of drug-likeness (QED) is 0.775. The van der Waals surface area contributed by atoms with Crippen molar-refractivity contribution in [1.29, 1.82) is 0 Å². The second kappa shape index (κ2) is 6.61. The fourth-order valence-electron chi connectivity index (χ4n) is 3.05. The zero-order chi connectivity index (χ0) is 12.1. The summed E-state index contributed by atoms with van der Waals surface area (Å²) >= 11 is 0. The van der Waals surface area contributed by atoms with Crippen molar-refractivity contribution in [2.75, 3.05) is 14.1 Å². The Morgan fingerprint density at radius 3 is 2.25 bits per heavy atom. The molecule has 1 rings (SSSR count). The monoisotopic (exact) mass is 226 g/mol. The van der Waals surface area contributed by atoms with Gasteiger partial charge in [-0.25, -0.2) is 0 Å². The lowest BCUT2D eigenvalue weighted by Crippen LogP contribution is -2.50. The number of hydrogen-bond acceptors (Lipinski definition) is 2. The molecule has 0 heterocycles. The molecule has 0 aliphatic heterocycles. The van der Waals surface area contributed by atoms with E-state index >= 15 is 0 Å². The van der Waals surface area contributed by atoms with Crippen LogP contribution in [0, 0.1) is 5.92 Å². The Morgan fingerprint density at radius 1 is 1.25 bits per heavy atom. The van der Waals surface area contributed by atoms with E-state index in [1.54, 1.807) is 0 Å². The highest BCUT2D eigenvalue weighted by molar-refractivity contribution is 4.84. The topological polar surface area (TPSA) is 15.3 Å². The molecular weight excluding hydrogens is 196 g/mol. The van der Waals surface area contributed by atoms with E-state index in [0.29, 0.717) is 12.1 Å². The smallest absolute Gasteiger partial charge is 0.0220 e. The van der Waals surface area contributed by atoms with Gasteiger partial charge in [-0.05, 0) is 59.0 Å². The summed E-state index contributed by atoms with van der Waals surface area (Å²) in [5, 5.41) is 3.44. The minimum atomic E-state index is 0.629. The lowest BCUT2D eigenvalue weighted by molar-refractivity contribution is 0.109. The van der Waals surface area contributed by atoms with E-state index in [2.05, 4.69) is 45.1 Å². The number of nitrogens with one attached hydrogen (secondary N) is 1. The zero-order valence-corrected chi connectivity index (χ0v) is 11.8. The van der Waals surface area contributed by atoms with Crippen molar-refractivity contribution in [2.24, 2.45) is 5.92 Å². The van der Waals surface area contributed by atoms with E-state index in [0.717, 1.165) is 12.0 Å². The first-order chi connectivity index (χ1) is 7.60. The Bertz CT molecular complexity index is 181. The van der Waals surface area contributed by atoms with Crippen LogP contribution in [-0.2, 0) is 0 Å². The van der Waals surface area contributed by atoms with Crippen molar-refractivity contribution in [2.45, 2.75) is 71.0 Å². The van der Waals surface area contributed by atoms with Crippen molar-refractivity contribution in [1.82, 2.24) is 10.2 Å². The standard InChI is InChI=1S/C14H30N2/c1-6-14(15-4)12(3)16(5)13-9-7-11(2)8-10-13/h11-15H,6-10H2,1-5H3. The van der Waals surface area contributed by atoms with Crippen LogP contribution >= 0.6 is 0 Å². The van der Waals surface area contributed by atoms with E-state index in [1.807, 2.05) is 0 Å². The van der Waals surface area contributed by atoms with E-state index < -0.39 is 0 Å². The molecule has 2 nitrogen and oxygen atoms in total. The van der Waals surface area contributed by atoms with Gasteiger partial charge >= 0.3 is 0 Å². The molecule has 2 atom stereocenters. The highest BCUT2D eigenvalue weighted by atomic mass is 15.2. The van der Waals surface area contributed by atoms with Crippen LogP contribution in [0.2, 0.25) is 0 Å². The minimum Gasteiger partial charge on any atom is -0.315 e. The number of rotatable bonds is 5. The summed E-state index contributed by atoms with van der Waals surface area (Å²) in [4.78, 5) is 2.61. The molecule has 0 aromatic rings. The second-order valence-corrected chi connectivity index (χ2v) is 5.62. The van der Waals surface area contributed by atoms with Crippen LogP contribution < -0.4 is 5.32 Å². The molecule has 0 aromatic heterocycles. The van der Waals surface area contributed by atoms with Crippen molar-refractivity contribution >= 4 is 0 Å². The molecule has 96 valence electrons. The van der Waals surface area contributed by atoms with Gasteiger partial charge in [-0.3, -0.25) is 4.90 Å². The Hall–Kier alpha value is -0.0800. The number of hydrogen-bond donors (Lipinski definition) is 1.